The topological polar surface area (TPSA) is 27.7 Å². The molecule has 0 saturated carbocycles. The molecule has 0 bridgehead atoms. The molecular weight excluding hydrogens is 463 g/mol. The van der Waals surface area contributed by atoms with E-state index in [1.807, 2.05) is 0 Å². The van der Waals surface area contributed by atoms with E-state index in [9.17, 15) is 0 Å². The largest absolute Gasteiger partial charge is 0.369 e. The summed E-state index contributed by atoms with van der Waals surface area (Å²) in [4.78, 5) is 0. The average Bonchev–Trinajstić information content (AvgIpc) is 2.78. The Bertz CT molecular complexity index is 281. The predicted molar refractivity (Wildman–Crippen MR) is 148 cm³/mol. The van der Waals surface area contributed by atoms with Crippen LogP contribution in [0.4, 0.5) is 0 Å². The smallest absolute Gasteiger partial charge is 0.239 e. The van der Waals surface area contributed by atoms with E-state index >= 15 is 0 Å². The maximum atomic E-state index is 5.88. The summed E-state index contributed by atoms with van der Waals surface area (Å²) in [6, 6.07) is 0. The molecule has 0 N–H and O–H groups in total. The van der Waals surface area contributed by atoms with Crippen molar-refractivity contribution in [1.29, 1.82) is 0 Å². The molecule has 0 aliphatic carbocycles. The molecule has 0 atom stereocenters. The highest BCUT2D eigenvalue weighted by atomic mass is 32.2. The van der Waals surface area contributed by atoms with Gasteiger partial charge >= 0.3 is 8.60 Å². The Labute approximate surface area is 209 Å². The Morgan fingerprint density at radius 3 is 0.935 bits per heavy atom. The van der Waals surface area contributed by atoms with Gasteiger partial charge < -0.3 is 0 Å². The van der Waals surface area contributed by atoms with Gasteiger partial charge in [-0.25, -0.2) is 11.9 Å². The molecule has 0 aromatic heterocycles. The van der Waals surface area contributed by atoms with Crippen LogP contribution in [-0.2, 0) is 11.9 Å². The molecule has 0 aliphatic heterocycles. The van der Waals surface area contributed by atoms with Gasteiger partial charge in [-0.1, -0.05) is 117 Å². The first-order valence-corrected chi connectivity index (χ1v) is 16.9. The fraction of sp³-hybridized carbons (Fsp3) is 1.00. The molecule has 0 saturated heterocycles. The summed E-state index contributed by atoms with van der Waals surface area (Å²) < 4.78 is 17.7. The van der Waals surface area contributed by atoms with Gasteiger partial charge in [-0.2, -0.15) is 0 Å². The molecule has 0 rings (SSSR count). The maximum Gasteiger partial charge on any atom is 0.369 e. The fourth-order valence-electron chi connectivity index (χ4n) is 3.10. The molecule has 0 amide bonds. The molecule has 0 aliphatic rings. The molecule has 0 unspecified atom stereocenters. The van der Waals surface area contributed by atoms with E-state index in [1.54, 1.807) is 0 Å². The Balaban J connectivity index is 3.82. The highest BCUT2D eigenvalue weighted by Gasteiger charge is 2.15. The average molecular weight is 515 g/mol. The second-order valence-corrected chi connectivity index (χ2v) is 12.4. The summed E-state index contributed by atoms with van der Waals surface area (Å²) in [6.07, 6.45) is 23.7. The van der Waals surface area contributed by atoms with Crippen molar-refractivity contribution >= 4 is 44.7 Å². The van der Waals surface area contributed by atoms with Gasteiger partial charge in [0.1, 0.15) is 0 Å². The fourth-order valence-corrected chi connectivity index (χ4v) is 6.96. The van der Waals surface area contributed by atoms with Crippen LogP contribution < -0.4 is 0 Å². The van der Waals surface area contributed by atoms with Gasteiger partial charge in [-0.15, -0.1) is 0 Å². The third-order valence-corrected chi connectivity index (χ3v) is 9.18. The minimum absolute atomic E-state index is 1.03. The van der Waals surface area contributed by atoms with Crippen LogP contribution in [0.15, 0.2) is 0 Å². The molecule has 0 spiro atoms. The third kappa shape index (κ3) is 27.5. The lowest BCUT2D eigenvalue weighted by molar-refractivity contribution is 0.467. The van der Waals surface area contributed by atoms with Crippen molar-refractivity contribution in [2.24, 2.45) is 0 Å². The van der Waals surface area contributed by atoms with Crippen molar-refractivity contribution in [3.05, 3.63) is 0 Å². The van der Waals surface area contributed by atoms with Crippen molar-refractivity contribution in [2.45, 2.75) is 136 Å². The van der Waals surface area contributed by atoms with Crippen LogP contribution in [0.3, 0.4) is 0 Å². The number of unbranched alkanes of at least 4 members (excludes halogenated alkanes) is 15. The summed E-state index contributed by atoms with van der Waals surface area (Å²) in [7, 11) is -1.26. The van der Waals surface area contributed by atoms with Crippen LogP contribution in [0.25, 0.3) is 0 Å². The van der Waals surface area contributed by atoms with Crippen molar-refractivity contribution in [3.8, 4) is 0 Å². The number of hydrogen-bond donors (Lipinski definition) is 0. The second kappa shape index (κ2) is 29.4. The molecule has 0 aromatic rings. The molecule has 7 heteroatoms. The first-order chi connectivity index (χ1) is 15.3. The molecule has 0 fully saturated rings. The maximum absolute atomic E-state index is 5.88. The second-order valence-electron chi connectivity index (χ2n) is 8.22. The van der Waals surface area contributed by atoms with E-state index in [4.69, 9.17) is 11.9 Å². The molecular formula is C24H51O3PS3. The van der Waals surface area contributed by atoms with Crippen LogP contribution in [-0.4, -0.2) is 17.3 Å². The van der Waals surface area contributed by atoms with Crippen LogP contribution >= 0.6 is 44.7 Å². The van der Waals surface area contributed by atoms with Crippen molar-refractivity contribution in [2.75, 3.05) is 17.3 Å². The Kier molecular flexibility index (Phi) is 30.7. The van der Waals surface area contributed by atoms with Gasteiger partial charge in [-0.05, 0) is 19.3 Å². The SMILES string of the molecule is CCCCCCCCSOP(OSCCCCCCCC)OSCCCCCCCC. The predicted octanol–water partition coefficient (Wildman–Crippen LogP) is 11.3. The van der Waals surface area contributed by atoms with Crippen molar-refractivity contribution in [3.63, 3.8) is 0 Å². The minimum atomic E-state index is -1.26. The van der Waals surface area contributed by atoms with E-state index in [0.29, 0.717) is 0 Å². The summed E-state index contributed by atoms with van der Waals surface area (Å²) in [6.45, 7) is 6.79. The zero-order chi connectivity index (χ0) is 22.7. The van der Waals surface area contributed by atoms with E-state index in [2.05, 4.69) is 20.8 Å². The zero-order valence-corrected chi connectivity index (χ0v) is 24.1. The van der Waals surface area contributed by atoms with Gasteiger partial charge in [0.15, 0.2) is 0 Å². The third-order valence-electron chi connectivity index (χ3n) is 5.08. The number of rotatable bonds is 27. The molecule has 31 heavy (non-hydrogen) atoms. The minimum Gasteiger partial charge on any atom is -0.239 e. The summed E-state index contributed by atoms with van der Waals surface area (Å²) in [5, 5.41) is 0. The Morgan fingerprint density at radius 2 is 0.645 bits per heavy atom. The van der Waals surface area contributed by atoms with E-state index in [1.165, 1.54) is 152 Å². The van der Waals surface area contributed by atoms with E-state index < -0.39 is 8.60 Å². The van der Waals surface area contributed by atoms with Gasteiger partial charge in [0.05, 0.1) is 0 Å². The summed E-state index contributed by atoms with van der Waals surface area (Å²) in [5.74, 6) is 3.09. The quantitative estimate of drug-likeness (QED) is 0.0614. The van der Waals surface area contributed by atoms with Crippen LogP contribution in [0.1, 0.15) is 136 Å². The summed E-state index contributed by atoms with van der Waals surface area (Å²) in [5.41, 5.74) is 0. The van der Waals surface area contributed by atoms with E-state index in [0.717, 1.165) is 17.3 Å². The van der Waals surface area contributed by atoms with Crippen LogP contribution in [0, 0.1) is 0 Å². The first-order valence-electron chi connectivity index (χ1n) is 13.0. The van der Waals surface area contributed by atoms with Crippen molar-refractivity contribution < 1.29 is 11.9 Å². The lowest BCUT2D eigenvalue weighted by Gasteiger charge is -2.13. The van der Waals surface area contributed by atoms with Crippen molar-refractivity contribution in [1.82, 2.24) is 0 Å². The monoisotopic (exact) mass is 514 g/mol. The highest BCUT2D eigenvalue weighted by Crippen LogP contribution is 2.50. The Hall–Kier alpha value is 1.36. The van der Waals surface area contributed by atoms with Crippen LogP contribution in [0.2, 0.25) is 0 Å². The standard InChI is InChI=1S/C24H51O3PS3/c1-4-7-10-13-16-19-22-29-25-28(26-30-23-20-17-14-11-8-5-2)27-31-24-21-18-15-12-9-6-3/h4-24H2,1-3H3. The van der Waals surface area contributed by atoms with Gasteiger partial charge in [-0.3, -0.25) is 0 Å². The molecule has 188 valence electrons. The normalized spacial score (nSPS) is 11.6. The molecule has 3 nitrogen and oxygen atoms in total. The lowest BCUT2D eigenvalue weighted by Crippen LogP contribution is -1.88. The first kappa shape index (κ1) is 32.4. The lowest BCUT2D eigenvalue weighted by atomic mass is 10.1. The molecule has 0 radical (unpaired) electrons. The zero-order valence-electron chi connectivity index (χ0n) is 20.7. The van der Waals surface area contributed by atoms with E-state index in [-0.39, 0.29) is 0 Å². The molecule has 0 heterocycles. The Morgan fingerprint density at radius 1 is 0.387 bits per heavy atom. The van der Waals surface area contributed by atoms with Gasteiger partial charge in [0, 0.05) is 53.4 Å². The van der Waals surface area contributed by atoms with Gasteiger partial charge in [0.2, 0.25) is 0 Å². The molecule has 0 aromatic carbocycles. The highest BCUT2D eigenvalue weighted by molar-refractivity contribution is 8.03. The number of hydrogen-bond acceptors (Lipinski definition) is 6. The van der Waals surface area contributed by atoms with Crippen LogP contribution in [0.5, 0.6) is 0 Å². The summed E-state index contributed by atoms with van der Waals surface area (Å²) >= 11 is 4.60. The van der Waals surface area contributed by atoms with Gasteiger partial charge in [0.25, 0.3) is 0 Å².